The molecule has 2 aromatic rings. The quantitative estimate of drug-likeness (QED) is 0.844. The van der Waals surface area contributed by atoms with Crippen molar-refractivity contribution < 1.29 is 17.6 Å². The van der Waals surface area contributed by atoms with E-state index in [9.17, 15) is 13.2 Å². The van der Waals surface area contributed by atoms with Crippen molar-refractivity contribution in [2.75, 3.05) is 7.05 Å². The number of furan rings is 1. The lowest BCUT2D eigenvalue weighted by atomic mass is 10.2. The lowest BCUT2D eigenvalue weighted by Gasteiger charge is -2.13. The Kier molecular flexibility index (Phi) is 4.99. The SMILES string of the molecule is CNC(=O)c1ccc(S(=O)(=O)N[C@H](C)Cc2ccco2)cc1. The molecular weight excluding hydrogens is 304 g/mol. The van der Waals surface area contributed by atoms with Crippen molar-refractivity contribution >= 4 is 15.9 Å². The molecule has 0 saturated carbocycles. The number of carbonyl (C=O) groups is 1. The third kappa shape index (κ3) is 3.96. The van der Waals surface area contributed by atoms with Crippen LogP contribution in [0.5, 0.6) is 0 Å². The van der Waals surface area contributed by atoms with Gasteiger partial charge in [0.05, 0.1) is 11.2 Å². The average Bonchev–Trinajstić information content (AvgIpc) is 2.98. The first kappa shape index (κ1) is 16.3. The summed E-state index contributed by atoms with van der Waals surface area (Å²) in [5.74, 6) is 0.452. The Morgan fingerprint density at radius 3 is 2.45 bits per heavy atom. The van der Waals surface area contributed by atoms with E-state index in [0.717, 1.165) is 0 Å². The summed E-state index contributed by atoms with van der Waals surface area (Å²) in [6, 6.07) is 9.01. The van der Waals surface area contributed by atoms with Crippen LogP contribution in [-0.2, 0) is 16.4 Å². The van der Waals surface area contributed by atoms with Crippen LogP contribution in [0.1, 0.15) is 23.0 Å². The van der Waals surface area contributed by atoms with Crippen LogP contribution in [0, 0.1) is 0 Å². The van der Waals surface area contributed by atoms with Crippen LogP contribution >= 0.6 is 0 Å². The number of nitrogens with one attached hydrogen (secondary N) is 2. The van der Waals surface area contributed by atoms with Crippen LogP contribution in [0.2, 0.25) is 0 Å². The predicted octanol–water partition coefficient (Wildman–Crippen LogP) is 1.55. The van der Waals surface area contributed by atoms with Crippen LogP contribution < -0.4 is 10.0 Å². The standard InChI is InChI=1S/C15H18N2O4S/c1-11(10-13-4-3-9-21-13)17-22(19,20)14-7-5-12(6-8-14)15(18)16-2/h3-9,11,17H,10H2,1-2H3,(H,16,18)/t11-/m1/s1. The normalized spacial score (nSPS) is 12.8. The largest absolute Gasteiger partial charge is 0.469 e. The highest BCUT2D eigenvalue weighted by Gasteiger charge is 2.18. The van der Waals surface area contributed by atoms with Gasteiger partial charge in [-0.15, -0.1) is 0 Å². The molecule has 2 N–H and O–H groups in total. The smallest absolute Gasteiger partial charge is 0.251 e. The Morgan fingerprint density at radius 1 is 1.23 bits per heavy atom. The van der Waals surface area contributed by atoms with E-state index in [2.05, 4.69) is 10.0 Å². The molecule has 1 atom stereocenters. The van der Waals surface area contributed by atoms with Crippen LogP contribution in [0.25, 0.3) is 0 Å². The number of sulfonamides is 1. The molecule has 0 bridgehead atoms. The Labute approximate surface area is 129 Å². The molecule has 1 amide bonds. The molecule has 0 unspecified atom stereocenters. The van der Waals surface area contributed by atoms with E-state index < -0.39 is 10.0 Å². The van der Waals surface area contributed by atoms with Gasteiger partial charge in [-0.3, -0.25) is 4.79 Å². The minimum Gasteiger partial charge on any atom is -0.469 e. The van der Waals surface area contributed by atoms with Crippen molar-refractivity contribution in [3.8, 4) is 0 Å². The fraction of sp³-hybridized carbons (Fsp3) is 0.267. The van der Waals surface area contributed by atoms with E-state index in [1.807, 2.05) is 0 Å². The van der Waals surface area contributed by atoms with E-state index >= 15 is 0 Å². The van der Waals surface area contributed by atoms with Crippen molar-refractivity contribution in [3.63, 3.8) is 0 Å². The molecule has 0 saturated heterocycles. The van der Waals surface area contributed by atoms with Gasteiger partial charge in [-0.1, -0.05) is 0 Å². The fourth-order valence-electron chi connectivity index (χ4n) is 2.03. The molecule has 0 aliphatic heterocycles. The topological polar surface area (TPSA) is 88.4 Å². The van der Waals surface area contributed by atoms with Crippen LogP contribution in [0.4, 0.5) is 0 Å². The van der Waals surface area contributed by atoms with Crippen molar-refractivity contribution in [1.82, 2.24) is 10.0 Å². The Balaban J connectivity index is 2.07. The molecule has 0 fully saturated rings. The molecule has 6 nitrogen and oxygen atoms in total. The number of hydrogen-bond acceptors (Lipinski definition) is 4. The molecule has 1 aromatic carbocycles. The van der Waals surface area contributed by atoms with Gasteiger partial charge < -0.3 is 9.73 Å². The predicted molar refractivity (Wildman–Crippen MR) is 82.0 cm³/mol. The molecule has 0 aliphatic carbocycles. The maximum Gasteiger partial charge on any atom is 0.251 e. The summed E-state index contributed by atoms with van der Waals surface area (Å²) in [4.78, 5) is 11.6. The van der Waals surface area contributed by atoms with Crippen LogP contribution in [0.15, 0.2) is 52.0 Å². The van der Waals surface area contributed by atoms with E-state index in [1.54, 1.807) is 25.3 Å². The lowest BCUT2D eigenvalue weighted by Crippen LogP contribution is -2.34. The summed E-state index contributed by atoms with van der Waals surface area (Å²) in [5, 5.41) is 2.48. The van der Waals surface area contributed by atoms with Crippen LogP contribution in [-0.4, -0.2) is 27.4 Å². The number of rotatable bonds is 6. The minimum atomic E-state index is -3.64. The van der Waals surface area contributed by atoms with Gasteiger partial charge in [0.2, 0.25) is 10.0 Å². The number of carbonyl (C=O) groups excluding carboxylic acids is 1. The summed E-state index contributed by atoms with van der Waals surface area (Å²) in [7, 11) is -2.12. The van der Waals surface area contributed by atoms with E-state index in [4.69, 9.17) is 4.42 Å². The van der Waals surface area contributed by atoms with Gasteiger partial charge in [0, 0.05) is 25.1 Å². The van der Waals surface area contributed by atoms with E-state index in [0.29, 0.717) is 17.7 Å². The average molecular weight is 322 g/mol. The first-order valence-corrected chi connectivity index (χ1v) is 8.27. The Hall–Kier alpha value is -2.12. The molecule has 22 heavy (non-hydrogen) atoms. The molecule has 2 rings (SSSR count). The third-order valence-corrected chi connectivity index (χ3v) is 4.70. The lowest BCUT2D eigenvalue weighted by molar-refractivity contribution is 0.0963. The highest BCUT2D eigenvalue weighted by atomic mass is 32.2. The van der Waals surface area contributed by atoms with Gasteiger partial charge in [0.1, 0.15) is 5.76 Å². The highest BCUT2D eigenvalue weighted by Crippen LogP contribution is 2.12. The third-order valence-electron chi connectivity index (χ3n) is 3.10. The molecule has 1 aromatic heterocycles. The zero-order valence-corrected chi connectivity index (χ0v) is 13.2. The van der Waals surface area contributed by atoms with E-state index in [-0.39, 0.29) is 16.8 Å². The Morgan fingerprint density at radius 2 is 1.91 bits per heavy atom. The second-order valence-electron chi connectivity index (χ2n) is 4.91. The molecule has 0 spiro atoms. The van der Waals surface area contributed by atoms with Crippen molar-refractivity contribution in [2.45, 2.75) is 24.3 Å². The van der Waals surface area contributed by atoms with Gasteiger partial charge in [0.15, 0.2) is 0 Å². The van der Waals surface area contributed by atoms with Crippen molar-refractivity contribution in [2.24, 2.45) is 0 Å². The number of benzene rings is 1. The maximum absolute atomic E-state index is 12.3. The maximum atomic E-state index is 12.3. The number of amides is 1. The zero-order chi connectivity index (χ0) is 16.2. The van der Waals surface area contributed by atoms with Gasteiger partial charge in [-0.05, 0) is 43.3 Å². The summed E-state index contributed by atoms with van der Waals surface area (Å²) >= 11 is 0. The summed E-state index contributed by atoms with van der Waals surface area (Å²) in [5.41, 5.74) is 0.407. The highest BCUT2D eigenvalue weighted by molar-refractivity contribution is 7.89. The van der Waals surface area contributed by atoms with Crippen molar-refractivity contribution in [3.05, 3.63) is 54.0 Å². The van der Waals surface area contributed by atoms with Gasteiger partial charge in [-0.25, -0.2) is 13.1 Å². The number of hydrogen-bond donors (Lipinski definition) is 2. The summed E-state index contributed by atoms with van der Waals surface area (Å²) in [6.45, 7) is 1.76. The van der Waals surface area contributed by atoms with Gasteiger partial charge in [0.25, 0.3) is 5.91 Å². The molecule has 0 aliphatic rings. The minimum absolute atomic E-state index is 0.117. The molecular formula is C15H18N2O4S. The van der Waals surface area contributed by atoms with Crippen LogP contribution in [0.3, 0.4) is 0 Å². The van der Waals surface area contributed by atoms with E-state index in [1.165, 1.54) is 31.3 Å². The first-order valence-electron chi connectivity index (χ1n) is 6.79. The first-order chi connectivity index (χ1) is 10.4. The molecule has 0 radical (unpaired) electrons. The molecule has 118 valence electrons. The molecule has 1 heterocycles. The van der Waals surface area contributed by atoms with Gasteiger partial charge in [-0.2, -0.15) is 0 Å². The fourth-order valence-corrected chi connectivity index (χ4v) is 3.28. The monoisotopic (exact) mass is 322 g/mol. The molecule has 7 heteroatoms. The Bertz CT molecular complexity index is 721. The van der Waals surface area contributed by atoms with Gasteiger partial charge >= 0.3 is 0 Å². The second kappa shape index (κ2) is 6.76. The van der Waals surface area contributed by atoms with Crippen molar-refractivity contribution in [1.29, 1.82) is 0 Å². The second-order valence-corrected chi connectivity index (χ2v) is 6.62. The summed E-state index contributed by atoms with van der Waals surface area (Å²) < 4.78 is 32.3. The summed E-state index contributed by atoms with van der Waals surface area (Å²) in [6.07, 6.45) is 2.01. The zero-order valence-electron chi connectivity index (χ0n) is 12.4.